The lowest BCUT2D eigenvalue weighted by Crippen LogP contribution is -1.97. The molecule has 0 spiro atoms. The predicted octanol–water partition coefficient (Wildman–Crippen LogP) is 5.16. The van der Waals surface area contributed by atoms with Crippen LogP contribution in [0.15, 0.2) is 71.3 Å². The zero-order chi connectivity index (χ0) is 15.8. The summed E-state index contributed by atoms with van der Waals surface area (Å²) in [5.41, 5.74) is 5.14. The lowest BCUT2D eigenvalue weighted by molar-refractivity contribution is 0.900. The zero-order valence-electron chi connectivity index (χ0n) is 12.6. The van der Waals surface area contributed by atoms with E-state index in [2.05, 4.69) is 70.3 Å². The molecule has 4 aromatic rings. The van der Waals surface area contributed by atoms with Gasteiger partial charge in [-0.05, 0) is 43.3 Å². The molecule has 0 aliphatic carbocycles. The minimum absolute atomic E-state index is 0.870. The van der Waals surface area contributed by atoms with Gasteiger partial charge in [-0.2, -0.15) is 5.10 Å². The van der Waals surface area contributed by atoms with Gasteiger partial charge in [0, 0.05) is 21.6 Å². The summed E-state index contributed by atoms with van der Waals surface area (Å²) in [6.07, 6.45) is 1.81. The van der Waals surface area contributed by atoms with Crippen LogP contribution in [0, 0.1) is 6.92 Å². The summed E-state index contributed by atoms with van der Waals surface area (Å²) in [7, 11) is 0. The van der Waals surface area contributed by atoms with E-state index in [-0.39, 0.29) is 0 Å². The Bertz CT molecular complexity index is 890. The highest BCUT2D eigenvalue weighted by atomic mass is 79.9. The molecule has 0 amide bonds. The van der Waals surface area contributed by atoms with E-state index in [0.717, 1.165) is 32.5 Å². The van der Waals surface area contributed by atoms with Crippen molar-refractivity contribution in [3.63, 3.8) is 0 Å². The van der Waals surface area contributed by atoms with Crippen molar-refractivity contribution in [1.29, 1.82) is 0 Å². The maximum atomic E-state index is 4.83. The molecule has 4 heteroatoms. The van der Waals surface area contributed by atoms with Crippen molar-refractivity contribution in [3.05, 3.63) is 76.9 Å². The highest BCUT2D eigenvalue weighted by Crippen LogP contribution is 2.29. The number of aryl methyl sites for hydroxylation is 1. The Hall–Kier alpha value is -2.46. The molecular formula is C19H14BrN3. The fourth-order valence-electron chi connectivity index (χ4n) is 2.64. The topological polar surface area (TPSA) is 30.7 Å². The Morgan fingerprint density at radius 3 is 2.39 bits per heavy atom. The summed E-state index contributed by atoms with van der Waals surface area (Å²) in [6, 6.07) is 20.5. The normalized spacial score (nSPS) is 11.0. The van der Waals surface area contributed by atoms with E-state index < -0.39 is 0 Å². The fraction of sp³-hybridized carbons (Fsp3) is 0.0526. The standard InChI is InChI=1S/C19H14BrN3/c1-13-4-10-16(11-5-13)23-19-17(3-2-12-21-19)18(22-23)14-6-8-15(20)9-7-14/h2-12H,1H3. The predicted molar refractivity (Wildman–Crippen MR) is 96.7 cm³/mol. The first-order chi connectivity index (χ1) is 11.2. The van der Waals surface area contributed by atoms with E-state index in [1.807, 2.05) is 22.9 Å². The molecule has 23 heavy (non-hydrogen) atoms. The van der Waals surface area contributed by atoms with E-state index in [9.17, 15) is 0 Å². The molecule has 0 aliphatic rings. The van der Waals surface area contributed by atoms with Gasteiger partial charge in [0.15, 0.2) is 5.65 Å². The summed E-state index contributed by atoms with van der Waals surface area (Å²) < 4.78 is 2.97. The second-order valence-corrected chi connectivity index (χ2v) is 6.39. The van der Waals surface area contributed by atoms with Crippen LogP contribution < -0.4 is 0 Å². The molecule has 0 saturated carbocycles. The fourth-order valence-corrected chi connectivity index (χ4v) is 2.90. The molecule has 2 heterocycles. The SMILES string of the molecule is Cc1ccc(-n2nc(-c3ccc(Br)cc3)c3cccnc32)cc1. The third-order valence-corrected chi connectivity index (χ3v) is 4.37. The molecule has 0 N–H and O–H groups in total. The maximum absolute atomic E-state index is 4.83. The Balaban J connectivity index is 1.96. The van der Waals surface area contributed by atoms with Gasteiger partial charge in [0.1, 0.15) is 5.69 Å². The van der Waals surface area contributed by atoms with Crippen LogP contribution in [-0.2, 0) is 0 Å². The van der Waals surface area contributed by atoms with E-state index >= 15 is 0 Å². The van der Waals surface area contributed by atoms with Crippen molar-refractivity contribution in [2.24, 2.45) is 0 Å². The second kappa shape index (κ2) is 5.63. The van der Waals surface area contributed by atoms with E-state index in [1.54, 1.807) is 6.20 Å². The molecule has 2 aromatic heterocycles. The summed E-state index contributed by atoms with van der Waals surface area (Å²) in [5.74, 6) is 0. The minimum Gasteiger partial charge on any atom is -0.237 e. The van der Waals surface area contributed by atoms with Crippen LogP contribution in [0.25, 0.3) is 28.0 Å². The van der Waals surface area contributed by atoms with Crippen molar-refractivity contribution in [3.8, 4) is 16.9 Å². The molecule has 112 valence electrons. The van der Waals surface area contributed by atoms with Gasteiger partial charge < -0.3 is 0 Å². The Labute approximate surface area is 142 Å². The molecule has 0 atom stereocenters. The number of aromatic nitrogens is 3. The molecule has 0 fully saturated rings. The number of benzene rings is 2. The largest absolute Gasteiger partial charge is 0.237 e. The van der Waals surface area contributed by atoms with E-state index in [0.29, 0.717) is 0 Å². The summed E-state index contributed by atoms with van der Waals surface area (Å²) in [6.45, 7) is 2.08. The average molecular weight is 364 g/mol. The van der Waals surface area contributed by atoms with Gasteiger partial charge in [0.05, 0.1) is 5.69 Å². The first-order valence-electron chi connectivity index (χ1n) is 7.39. The van der Waals surface area contributed by atoms with Crippen LogP contribution in [0.5, 0.6) is 0 Å². The van der Waals surface area contributed by atoms with Gasteiger partial charge in [-0.1, -0.05) is 45.8 Å². The Morgan fingerprint density at radius 2 is 1.65 bits per heavy atom. The third-order valence-electron chi connectivity index (χ3n) is 3.84. The van der Waals surface area contributed by atoms with Crippen LogP contribution >= 0.6 is 15.9 Å². The van der Waals surface area contributed by atoms with Crippen LogP contribution in [0.1, 0.15) is 5.56 Å². The van der Waals surface area contributed by atoms with Gasteiger partial charge in [-0.25, -0.2) is 9.67 Å². The quantitative estimate of drug-likeness (QED) is 0.492. The van der Waals surface area contributed by atoms with Gasteiger partial charge in [-0.3, -0.25) is 0 Å². The second-order valence-electron chi connectivity index (χ2n) is 5.48. The van der Waals surface area contributed by atoms with Crippen LogP contribution in [0.2, 0.25) is 0 Å². The molecule has 4 rings (SSSR count). The highest BCUT2D eigenvalue weighted by Gasteiger charge is 2.14. The summed E-state index contributed by atoms with van der Waals surface area (Å²) >= 11 is 3.48. The molecule has 0 aliphatic heterocycles. The number of hydrogen-bond acceptors (Lipinski definition) is 2. The number of hydrogen-bond donors (Lipinski definition) is 0. The Morgan fingerprint density at radius 1 is 0.913 bits per heavy atom. The van der Waals surface area contributed by atoms with Crippen LogP contribution in [0.3, 0.4) is 0 Å². The number of halogens is 1. The smallest absolute Gasteiger partial charge is 0.163 e. The van der Waals surface area contributed by atoms with Crippen molar-refractivity contribution >= 4 is 27.0 Å². The molecule has 0 saturated heterocycles. The third kappa shape index (κ3) is 2.55. The first kappa shape index (κ1) is 14.2. The van der Waals surface area contributed by atoms with Gasteiger partial charge in [0.25, 0.3) is 0 Å². The molecular weight excluding hydrogens is 350 g/mol. The van der Waals surface area contributed by atoms with E-state index in [1.165, 1.54) is 5.56 Å². The number of rotatable bonds is 2. The molecule has 0 radical (unpaired) electrons. The van der Waals surface area contributed by atoms with Gasteiger partial charge in [0.2, 0.25) is 0 Å². The number of nitrogens with zero attached hydrogens (tertiary/aromatic N) is 3. The van der Waals surface area contributed by atoms with Crippen molar-refractivity contribution in [2.45, 2.75) is 6.92 Å². The summed E-state index contributed by atoms with van der Waals surface area (Å²) in [4.78, 5) is 4.53. The maximum Gasteiger partial charge on any atom is 0.163 e. The van der Waals surface area contributed by atoms with Crippen LogP contribution in [-0.4, -0.2) is 14.8 Å². The average Bonchev–Trinajstić information content (AvgIpc) is 2.96. The minimum atomic E-state index is 0.870. The lowest BCUT2D eigenvalue weighted by atomic mass is 10.1. The Kier molecular flexibility index (Phi) is 3.46. The van der Waals surface area contributed by atoms with Crippen LogP contribution in [0.4, 0.5) is 0 Å². The van der Waals surface area contributed by atoms with Gasteiger partial charge in [-0.15, -0.1) is 0 Å². The molecule has 3 nitrogen and oxygen atoms in total. The van der Waals surface area contributed by atoms with Crippen molar-refractivity contribution < 1.29 is 0 Å². The molecule has 0 unspecified atom stereocenters. The van der Waals surface area contributed by atoms with Crippen molar-refractivity contribution in [1.82, 2.24) is 14.8 Å². The van der Waals surface area contributed by atoms with Crippen molar-refractivity contribution in [2.75, 3.05) is 0 Å². The lowest BCUT2D eigenvalue weighted by Gasteiger charge is -2.02. The van der Waals surface area contributed by atoms with E-state index in [4.69, 9.17) is 5.10 Å². The zero-order valence-corrected chi connectivity index (χ0v) is 14.2. The number of pyridine rings is 1. The molecule has 0 bridgehead atoms. The highest BCUT2D eigenvalue weighted by molar-refractivity contribution is 9.10. The number of fused-ring (bicyclic) bond motifs is 1. The molecule has 2 aromatic carbocycles. The van der Waals surface area contributed by atoms with Gasteiger partial charge >= 0.3 is 0 Å². The summed E-state index contributed by atoms with van der Waals surface area (Å²) in [5, 5.41) is 5.88. The first-order valence-corrected chi connectivity index (χ1v) is 8.18. The monoisotopic (exact) mass is 363 g/mol.